The Hall–Kier alpha value is -1.44. The highest BCUT2D eigenvalue weighted by atomic mass is 79.9. The monoisotopic (exact) mass is 454 g/mol. The van der Waals surface area contributed by atoms with E-state index >= 15 is 0 Å². The zero-order valence-corrected chi connectivity index (χ0v) is 17.9. The lowest BCUT2D eigenvalue weighted by Crippen LogP contribution is -3.00. The maximum atomic E-state index is 13.7. The lowest BCUT2D eigenvalue weighted by Gasteiger charge is -2.43. The van der Waals surface area contributed by atoms with Crippen molar-refractivity contribution in [3.63, 3.8) is 0 Å². The highest BCUT2D eigenvalue weighted by Crippen LogP contribution is 2.40. The van der Waals surface area contributed by atoms with Crippen molar-refractivity contribution >= 4 is 23.1 Å². The van der Waals surface area contributed by atoms with Crippen LogP contribution in [0.2, 0.25) is 0 Å². The highest BCUT2D eigenvalue weighted by Gasteiger charge is 2.49. The summed E-state index contributed by atoms with van der Waals surface area (Å²) in [5, 5.41) is 6.69. The lowest BCUT2D eigenvalue weighted by atomic mass is 9.98. The third-order valence-electron chi connectivity index (χ3n) is 6.11. The number of anilines is 1. The molecule has 2 aliphatic heterocycles. The minimum atomic E-state index is -0.497. The summed E-state index contributed by atoms with van der Waals surface area (Å²) < 4.78 is 20.4. The number of nitrogens with one attached hydrogen (secondary N) is 1. The van der Waals surface area contributed by atoms with Gasteiger partial charge in [-0.05, 0) is 40.6 Å². The van der Waals surface area contributed by atoms with Crippen LogP contribution in [-0.4, -0.2) is 42.9 Å². The molecule has 2 aromatic rings. The van der Waals surface area contributed by atoms with E-state index in [1.165, 1.54) is 25.0 Å². The van der Waals surface area contributed by atoms with Crippen molar-refractivity contribution in [3.8, 4) is 11.1 Å². The second-order valence-electron chi connectivity index (χ2n) is 7.84. The average molecular weight is 455 g/mol. The minimum absolute atomic E-state index is 0. The maximum absolute atomic E-state index is 13.7. The molecule has 2 saturated heterocycles. The Bertz CT molecular complexity index is 796. The van der Waals surface area contributed by atoms with Crippen molar-refractivity contribution in [2.45, 2.75) is 43.9 Å². The van der Waals surface area contributed by atoms with Crippen LogP contribution in [0.15, 0.2) is 35.0 Å². The molecule has 2 fully saturated rings. The predicted octanol–water partition coefficient (Wildman–Crippen LogP) is 1.88. The summed E-state index contributed by atoms with van der Waals surface area (Å²) in [5.41, 5.74) is 2.20. The Labute approximate surface area is 173 Å². The first-order valence-corrected chi connectivity index (χ1v) is 10.0. The molecule has 2 aliphatic rings. The van der Waals surface area contributed by atoms with Gasteiger partial charge in [0.15, 0.2) is 0 Å². The van der Waals surface area contributed by atoms with Crippen LogP contribution in [-0.2, 0) is 4.74 Å². The van der Waals surface area contributed by atoms with Crippen molar-refractivity contribution in [1.29, 1.82) is 0 Å². The topological polar surface area (TPSA) is 38.3 Å². The number of hydrogen-bond acceptors (Lipinski definition) is 3. The first-order chi connectivity index (χ1) is 12.4. The second kappa shape index (κ2) is 7.89. The van der Waals surface area contributed by atoms with E-state index in [9.17, 15) is 9.18 Å². The van der Waals surface area contributed by atoms with Crippen molar-refractivity contribution in [2.24, 2.45) is 0 Å². The predicted molar refractivity (Wildman–Crippen MR) is 102 cm³/mol. The molecule has 0 saturated carbocycles. The number of carbonyl (C=O) groups excluding carboxylic acids is 1. The fourth-order valence-corrected chi connectivity index (χ4v) is 5.16. The van der Waals surface area contributed by atoms with Gasteiger partial charge in [0.25, 0.3) is 0 Å². The van der Waals surface area contributed by atoms with Crippen LogP contribution in [0.4, 0.5) is 14.9 Å². The lowest BCUT2D eigenvalue weighted by molar-refractivity contribution is -0.931. The van der Waals surface area contributed by atoms with E-state index in [0.717, 1.165) is 28.5 Å². The highest BCUT2D eigenvalue weighted by molar-refractivity contribution is 7.08. The summed E-state index contributed by atoms with van der Waals surface area (Å²) in [6.07, 6.45) is 3.64. The Morgan fingerprint density at radius 1 is 1.22 bits per heavy atom. The number of amides is 1. The van der Waals surface area contributed by atoms with Gasteiger partial charge in [0.2, 0.25) is 0 Å². The maximum Gasteiger partial charge on any atom is 0.411 e. The number of thiophene rings is 1. The molecule has 1 unspecified atom stereocenters. The number of carbonyl (C=O) groups is 1. The fourth-order valence-electron chi connectivity index (χ4n) is 4.51. The third kappa shape index (κ3) is 4.05. The molecule has 27 heavy (non-hydrogen) atoms. The number of benzene rings is 1. The molecular formula is C20H24BrFN2O2S. The Balaban J connectivity index is 0.00000210. The Morgan fingerprint density at radius 3 is 2.56 bits per heavy atom. The SMILES string of the molecule is C[N+]1(C)[C@@H]2CC[C@H]1CC(OC(=O)Nc1cc(F)ccc1-c1ccsc1)C2.[Br-]. The largest absolute Gasteiger partial charge is 1.00 e. The number of rotatable bonds is 3. The first-order valence-electron chi connectivity index (χ1n) is 9.06. The van der Waals surface area contributed by atoms with Gasteiger partial charge in [0.05, 0.1) is 31.9 Å². The fraction of sp³-hybridized carbons (Fsp3) is 0.450. The molecule has 146 valence electrons. The van der Waals surface area contributed by atoms with E-state index in [4.69, 9.17) is 4.74 Å². The van der Waals surface area contributed by atoms with E-state index < -0.39 is 6.09 Å². The van der Waals surface area contributed by atoms with Gasteiger partial charge in [0, 0.05) is 31.2 Å². The van der Waals surface area contributed by atoms with E-state index in [1.54, 1.807) is 17.4 Å². The van der Waals surface area contributed by atoms with Gasteiger partial charge >= 0.3 is 6.09 Å². The second-order valence-corrected chi connectivity index (χ2v) is 8.62. The molecule has 1 amide bonds. The van der Waals surface area contributed by atoms with E-state index in [1.807, 2.05) is 16.8 Å². The summed E-state index contributed by atoms with van der Waals surface area (Å²) in [6.45, 7) is 0. The van der Waals surface area contributed by atoms with Gasteiger partial charge in [-0.3, -0.25) is 5.32 Å². The molecule has 4 rings (SSSR count). The number of piperidine rings is 1. The summed E-state index contributed by atoms with van der Waals surface area (Å²) in [5.74, 6) is -0.381. The zero-order chi connectivity index (χ0) is 18.3. The van der Waals surface area contributed by atoms with Gasteiger partial charge in [-0.25, -0.2) is 9.18 Å². The Morgan fingerprint density at radius 2 is 1.93 bits per heavy atom. The summed E-state index contributed by atoms with van der Waals surface area (Å²) >= 11 is 1.56. The third-order valence-corrected chi connectivity index (χ3v) is 6.79. The summed E-state index contributed by atoms with van der Waals surface area (Å²) in [7, 11) is 4.55. The van der Waals surface area contributed by atoms with Gasteiger partial charge in [-0.15, -0.1) is 0 Å². The van der Waals surface area contributed by atoms with Crippen LogP contribution in [0.1, 0.15) is 25.7 Å². The van der Waals surface area contributed by atoms with Crippen molar-refractivity contribution in [2.75, 3.05) is 19.4 Å². The van der Waals surface area contributed by atoms with Crippen LogP contribution in [0.25, 0.3) is 11.1 Å². The van der Waals surface area contributed by atoms with Crippen LogP contribution < -0.4 is 22.3 Å². The number of quaternary nitrogens is 1. The molecule has 7 heteroatoms. The molecule has 0 radical (unpaired) electrons. The number of halogens is 2. The number of hydrogen-bond donors (Lipinski definition) is 1. The quantitative estimate of drug-likeness (QED) is 0.718. The van der Waals surface area contributed by atoms with Crippen molar-refractivity contribution in [1.82, 2.24) is 0 Å². The van der Waals surface area contributed by atoms with Crippen LogP contribution in [0.3, 0.4) is 0 Å². The van der Waals surface area contributed by atoms with Gasteiger partial charge < -0.3 is 26.2 Å². The molecule has 0 aliphatic carbocycles. The van der Waals surface area contributed by atoms with Gasteiger partial charge in [-0.1, -0.05) is 0 Å². The molecule has 4 nitrogen and oxygen atoms in total. The van der Waals surface area contributed by atoms with E-state index in [-0.39, 0.29) is 28.9 Å². The van der Waals surface area contributed by atoms with Crippen molar-refractivity contribution in [3.05, 3.63) is 40.8 Å². The molecule has 0 spiro atoms. The molecule has 2 bridgehead atoms. The van der Waals surface area contributed by atoms with Crippen LogP contribution in [0, 0.1) is 5.82 Å². The molecule has 1 N–H and O–H groups in total. The number of fused-ring (bicyclic) bond motifs is 2. The van der Waals surface area contributed by atoms with Crippen LogP contribution >= 0.6 is 11.3 Å². The van der Waals surface area contributed by atoms with E-state index in [0.29, 0.717) is 17.8 Å². The molecule has 3 atom stereocenters. The molecule has 1 aromatic carbocycles. The molecular weight excluding hydrogens is 431 g/mol. The normalized spacial score (nSPS) is 25.5. The standard InChI is InChI=1S/C20H23FN2O2S.BrH/c1-23(2)15-4-5-16(23)11-17(10-15)25-20(24)22-19-9-14(21)3-6-18(19)13-7-8-26-12-13;/h3,6-9,12,15-17H,4-5,10-11H2,1-2H3;1H/t15-,16+,17?;. The smallest absolute Gasteiger partial charge is 0.411 e. The van der Waals surface area contributed by atoms with Crippen LogP contribution in [0.5, 0.6) is 0 Å². The minimum Gasteiger partial charge on any atom is -1.00 e. The first kappa shape index (κ1) is 20.3. The summed E-state index contributed by atoms with van der Waals surface area (Å²) in [6, 6.07) is 7.51. The molecule has 3 heterocycles. The number of nitrogens with zero attached hydrogens (tertiary/aromatic N) is 1. The van der Waals surface area contributed by atoms with Crippen molar-refractivity contribution < 1.29 is 35.4 Å². The zero-order valence-electron chi connectivity index (χ0n) is 15.5. The molecule has 1 aromatic heterocycles. The van der Waals surface area contributed by atoms with Gasteiger partial charge in [-0.2, -0.15) is 11.3 Å². The van der Waals surface area contributed by atoms with E-state index in [2.05, 4.69) is 19.4 Å². The number of ether oxygens (including phenoxy) is 1. The average Bonchev–Trinajstić information content (AvgIpc) is 3.11. The Kier molecular flexibility index (Phi) is 5.93. The summed E-state index contributed by atoms with van der Waals surface area (Å²) in [4.78, 5) is 12.5. The van der Waals surface area contributed by atoms with Gasteiger partial charge in [0.1, 0.15) is 11.9 Å².